The van der Waals surface area contributed by atoms with E-state index >= 15 is 0 Å². The van der Waals surface area contributed by atoms with E-state index < -0.39 is 15.7 Å². The van der Waals surface area contributed by atoms with Gasteiger partial charge in [0.2, 0.25) is 11.7 Å². The van der Waals surface area contributed by atoms with Gasteiger partial charge in [0.05, 0.1) is 5.41 Å². The van der Waals surface area contributed by atoms with Gasteiger partial charge < -0.3 is 9.08 Å². The van der Waals surface area contributed by atoms with Crippen molar-refractivity contribution in [2.75, 3.05) is 12.9 Å². The van der Waals surface area contributed by atoms with Gasteiger partial charge in [-0.15, -0.1) is 11.6 Å². The minimum Gasteiger partial charge on any atom is -0.735 e. The normalized spacial score (nSPS) is 12.8. The Balaban J connectivity index is 2.17. The SMILES string of the molecule is CN(Cc1ccc(-c2noc(C(C)(C)CCl)n2)cc1)S(=O)(=O)[O-]. The molecule has 9 heteroatoms. The average molecular weight is 359 g/mol. The van der Waals surface area contributed by atoms with E-state index in [1.807, 2.05) is 13.8 Å². The van der Waals surface area contributed by atoms with E-state index in [9.17, 15) is 13.0 Å². The highest BCUT2D eigenvalue weighted by molar-refractivity contribution is 7.83. The fourth-order valence-electron chi connectivity index (χ4n) is 1.77. The molecule has 23 heavy (non-hydrogen) atoms. The second kappa shape index (κ2) is 6.56. The molecular weight excluding hydrogens is 342 g/mol. The Bertz CT molecular complexity index is 772. The van der Waals surface area contributed by atoms with Crippen LogP contribution in [-0.2, 0) is 22.3 Å². The van der Waals surface area contributed by atoms with E-state index in [2.05, 4.69) is 10.1 Å². The van der Waals surface area contributed by atoms with Crippen molar-refractivity contribution >= 4 is 21.9 Å². The second-order valence-corrected chi connectivity index (χ2v) is 7.60. The average Bonchev–Trinajstić information content (AvgIpc) is 2.97. The minimum atomic E-state index is -4.45. The van der Waals surface area contributed by atoms with Crippen LogP contribution < -0.4 is 0 Å². The number of rotatable bonds is 6. The third-order valence-electron chi connectivity index (χ3n) is 3.34. The van der Waals surface area contributed by atoms with Crippen LogP contribution in [0.15, 0.2) is 28.8 Å². The molecule has 7 nitrogen and oxygen atoms in total. The summed E-state index contributed by atoms with van der Waals surface area (Å²) < 4.78 is 38.6. The lowest BCUT2D eigenvalue weighted by Gasteiger charge is -2.19. The van der Waals surface area contributed by atoms with Gasteiger partial charge in [-0.25, -0.2) is 12.7 Å². The smallest absolute Gasteiger partial charge is 0.233 e. The summed E-state index contributed by atoms with van der Waals surface area (Å²) in [5, 5.41) is 3.93. The molecule has 2 aromatic rings. The van der Waals surface area contributed by atoms with Crippen molar-refractivity contribution < 1.29 is 17.5 Å². The quantitative estimate of drug-likeness (QED) is 0.579. The van der Waals surface area contributed by atoms with E-state index in [1.54, 1.807) is 24.3 Å². The number of aromatic nitrogens is 2. The molecule has 1 aromatic carbocycles. The molecule has 0 N–H and O–H groups in total. The molecule has 1 heterocycles. The van der Waals surface area contributed by atoms with Crippen LogP contribution in [0.1, 0.15) is 25.3 Å². The summed E-state index contributed by atoms with van der Waals surface area (Å²) in [5.41, 5.74) is 0.986. The van der Waals surface area contributed by atoms with E-state index in [0.29, 0.717) is 23.2 Å². The first-order chi connectivity index (χ1) is 10.6. The van der Waals surface area contributed by atoms with E-state index in [4.69, 9.17) is 16.1 Å². The summed E-state index contributed by atoms with van der Waals surface area (Å²) in [7, 11) is -3.22. The van der Waals surface area contributed by atoms with Crippen LogP contribution in [-0.4, -0.2) is 40.3 Å². The topological polar surface area (TPSA) is 99.4 Å². The summed E-state index contributed by atoms with van der Waals surface area (Å²) >= 11 is 5.88. The van der Waals surface area contributed by atoms with Crippen LogP contribution in [0.2, 0.25) is 0 Å². The zero-order chi connectivity index (χ0) is 17.3. The lowest BCUT2D eigenvalue weighted by atomic mass is 9.96. The third kappa shape index (κ3) is 4.29. The van der Waals surface area contributed by atoms with Gasteiger partial charge in [0, 0.05) is 25.0 Å². The molecule has 0 aliphatic heterocycles. The molecule has 0 bridgehead atoms. The Morgan fingerprint density at radius 3 is 2.43 bits per heavy atom. The maximum absolute atomic E-state index is 10.9. The van der Waals surface area contributed by atoms with Crippen molar-refractivity contribution in [2.45, 2.75) is 25.8 Å². The molecule has 0 unspecified atom stereocenters. The number of nitrogens with zero attached hydrogens (tertiary/aromatic N) is 3. The summed E-state index contributed by atoms with van der Waals surface area (Å²) in [6, 6.07) is 6.89. The molecular formula is C14H17ClN3O4S-. The highest BCUT2D eigenvalue weighted by Gasteiger charge is 2.26. The molecule has 0 aliphatic rings. The summed E-state index contributed by atoms with van der Waals surface area (Å²) in [4.78, 5) is 4.33. The van der Waals surface area contributed by atoms with Crippen LogP contribution in [0.5, 0.6) is 0 Å². The highest BCUT2D eigenvalue weighted by atomic mass is 35.5. The molecule has 0 saturated carbocycles. The van der Waals surface area contributed by atoms with Gasteiger partial charge in [0.25, 0.3) is 0 Å². The van der Waals surface area contributed by atoms with E-state index in [1.165, 1.54) is 7.05 Å². The number of halogens is 1. The molecule has 126 valence electrons. The van der Waals surface area contributed by atoms with Crippen LogP contribution in [0.3, 0.4) is 0 Å². The maximum Gasteiger partial charge on any atom is 0.233 e. The van der Waals surface area contributed by atoms with Gasteiger partial charge in [0.1, 0.15) is 0 Å². The van der Waals surface area contributed by atoms with Gasteiger partial charge in [-0.1, -0.05) is 29.4 Å². The first kappa shape index (κ1) is 17.9. The van der Waals surface area contributed by atoms with Crippen LogP contribution in [0.25, 0.3) is 11.4 Å². The lowest BCUT2D eigenvalue weighted by Crippen LogP contribution is -2.25. The van der Waals surface area contributed by atoms with E-state index in [-0.39, 0.29) is 6.54 Å². The van der Waals surface area contributed by atoms with Crippen LogP contribution in [0.4, 0.5) is 0 Å². The second-order valence-electron chi connectivity index (χ2n) is 5.85. The summed E-state index contributed by atoms with van der Waals surface area (Å²) in [6.07, 6.45) is 0. The first-order valence-electron chi connectivity index (χ1n) is 6.80. The minimum absolute atomic E-state index is 0.00286. The highest BCUT2D eigenvalue weighted by Crippen LogP contribution is 2.25. The van der Waals surface area contributed by atoms with E-state index in [0.717, 1.165) is 9.87 Å². The van der Waals surface area contributed by atoms with Crippen molar-refractivity contribution in [1.29, 1.82) is 0 Å². The lowest BCUT2D eigenvalue weighted by molar-refractivity contribution is 0.323. The monoisotopic (exact) mass is 358 g/mol. The Hall–Kier alpha value is -1.48. The zero-order valence-electron chi connectivity index (χ0n) is 13.0. The molecule has 0 aliphatic carbocycles. The van der Waals surface area contributed by atoms with Crippen molar-refractivity contribution in [3.05, 3.63) is 35.7 Å². The summed E-state index contributed by atoms with van der Waals surface area (Å²) in [6.45, 7) is 3.81. The molecule has 0 amide bonds. The van der Waals surface area contributed by atoms with Crippen molar-refractivity contribution in [1.82, 2.24) is 14.4 Å². The molecule has 0 radical (unpaired) electrons. The number of alkyl halides is 1. The number of benzene rings is 1. The Labute approximate surface area is 140 Å². The first-order valence-corrected chi connectivity index (χ1v) is 8.70. The number of hydrogen-bond donors (Lipinski definition) is 0. The largest absolute Gasteiger partial charge is 0.735 e. The fourth-order valence-corrected chi connectivity index (χ4v) is 2.19. The number of hydrogen-bond acceptors (Lipinski definition) is 6. The molecule has 1 aromatic heterocycles. The zero-order valence-corrected chi connectivity index (χ0v) is 14.6. The molecule has 0 saturated heterocycles. The molecule has 2 rings (SSSR count). The van der Waals surface area contributed by atoms with Crippen molar-refractivity contribution in [3.63, 3.8) is 0 Å². The molecule has 0 fully saturated rings. The van der Waals surface area contributed by atoms with Gasteiger partial charge in [-0.3, -0.25) is 0 Å². The van der Waals surface area contributed by atoms with Gasteiger partial charge in [0.15, 0.2) is 10.3 Å². The van der Waals surface area contributed by atoms with Crippen molar-refractivity contribution in [3.8, 4) is 11.4 Å². The Kier molecular flexibility index (Phi) is 5.10. The maximum atomic E-state index is 10.9. The van der Waals surface area contributed by atoms with Crippen LogP contribution >= 0.6 is 11.6 Å². The third-order valence-corrected chi connectivity index (χ3v) is 4.90. The Morgan fingerprint density at radius 2 is 1.91 bits per heavy atom. The van der Waals surface area contributed by atoms with Crippen molar-refractivity contribution in [2.24, 2.45) is 0 Å². The predicted octanol–water partition coefficient (Wildman–Crippen LogP) is 2.15. The van der Waals surface area contributed by atoms with Gasteiger partial charge >= 0.3 is 0 Å². The fraction of sp³-hybridized carbons (Fsp3) is 0.429. The molecule has 0 atom stereocenters. The van der Waals surface area contributed by atoms with Crippen LogP contribution in [0, 0.1) is 0 Å². The van der Waals surface area contributed by atoms with Gasteiger partial charge in [-0.05, 0) is 19.4 Å². The van der Waals surface area contributed by atoms with Gasteiger partial charge in [-0.2, -0.15) is 4.98 Å². The standard InChI is InChI=1S/C14H18ClN3O4S/c1-14(2,9-15)13-16-12(17-22-13)11-6-4-10(5-7-11)8-18(3)23(19,20)21/h4-7H,8-9H2,1-3H3,(H,19,20,21)/p-1. The Morgan fingerprint density at radius 1 is 1.30 bits per heavy atom. The predicted molar refractivity (Wildman–Crippen MR) is 84.6 cm³/mol. The summed E-state index contributed by atoms with van der Waals surface area (Å²) in [5.74, 6) is 1.22. The molecule has 0 spiro atoms.